The first kappa shape index (κ1) is 17.8. The molecule has 0 radical (unpaired) electrons. The van der Waals surface area contributed by atoms with Crippen molar-refractivity contribution in [1.29, 1.82) is 0 Å². The Morgan fingerprint density at radius 3 is 2.59 bits per heavy atom. The monoisotopic (exact) mass is 371 g/mol. The van der Waals surface area contributed by atoms with Crippen LogP contribution in [0.5, 0.6) is 0 Å². The summed E-state index contributed by atoms with van der Waals surface area (Å²) < 4.78 is 10.9. The van der Waals surface area contributed by atoms with Crippen molar-refractivity contribution in [2.75, 3.05) is 13.1 Å². The molecule has 0 aromatic carbocycles. The van der Waals surface area contributed by atoms with Gasteiger partial charge in [-0.25, -0.2) is 4.98 Å². The number of piperidine rings is 1. The molecule has 0 unspecified atom stereocenters. The van der Waals surface area contributed by atoms with Crippen LogP contribution in [0.25, 0.3) is 0 Å². The van der Waals surface area contributed by atoms with E-state index in [-0.39, 0.29) is 17.9 Å². The molecule has 2 aromatic rings. The fourth-order valence-electron chi connectivity index (χ4n) is 3.58. The number of aromatic nitrogens is 1. The predicted octanol–water partition coefficient (Wildman–Crippen LogP) is 2.87. The molecule has 0 atom stereocenters. The van der Waals surface area contributed by atoms with E-state index in [1.165, 1.54) is 19.1 Å². The second kappa shape index (κ2) is 7.21. The average Bonchev–Trinajstić information content (AvgIpc) is 3.22. The van der Waals surface area contributed by atoms with Crippen molar-refractivity contribution in [2.45, 2.75) is 52.0 Å². The van der Waals surface area contributed by atoms with Gasteiger partial charge in [-0.2, -0.15) is 0 Å². The third-order valence-corrected chi connectivity index (χ3v) is 5.33. The molecule has 2 aliphatic rings. The van der Waals surface area contributed by atoms with Gasteiger partial charge in [-0.3, -0.25) is 9.59 Å². The number of nitrogens with zero attached hydrogens (tertiary/aromatic N) is 2. The van der Waals surface area contributed by atoms with Gasteiger partial charge in [-0.1, -0.05) is 0 Å². The van der Waals surface area contributed by atoms with Crippen LogP contribution in [-0.2, 0) is 6.42 Å². The van der Waals surface area contributed by atoms with Gasteiger partial charge in [0.25, 0.3) is 11.8 Å². The molecule has 2 amide bonds. The van der Waals surface area contributed by atoms with Gasteiger partial charge in [0.2, 0.25) is 0 Å². The summed E-state index contributed by atoms with van der Waals surface area (Å²) in [6, 6.07) is 1.81. The third-order valence-electron chi connectivity index (χ3n) is 5.33. The maximum Gasteiger partial charge on any atom is 0.275 e. The highest BCUT2D eigenvalue weighted by Crippen LogP contribution is 2.32. The summed E-state index contributed by atoms with van der Waals surface area (Å²) >= 11 is 0. The second-order valence-corrected chi connectivity index (χ2v) is 7.64. The lowest BCUT2D eigenvalue weighted by atomic mass is 10.0. The van der Waals surface area contributed by atoms with E-state index in [1.807, 2.05) is 6.92 Å². The first-order valence-corrected chi connectivity index (χ1v) is 9.61. The number of carbonyl (C=O) groups excluding carboxylic acids is 2. The summed E-state index contributed by atoms with van der Waals surface area (Å²) in [4.78, 5) is 31.2. The molecule has 1 aliphatic heterocycles. The maximum absolute atomic E-state index is 12.6. The maximum atomic E-state index is 12.6. The molecule has 4 rings (SSSR count). The molecular formula is C20H25N3O4. The number of aryl methyl sites for hydroxylation is 2. The summed E-state index contributed by atoms with van der Waals surface area (Å²) in [5.41, 5.74) is 0.967. The minimum atomic E-state index is -0.115. The molecule has 7 nitrogen and oxygen atoms in total. The molecular weight excluding hydrogens is 346 g/mol. The van der Waals surface area contributed by atoms with Crippen LogP contribution < -0.4 is 5.32 Å². The van der Waals surface area contributed by atoms with Gasteiger partial charge in [-0.15, -0.1) is 0 Å². The summed E-state index contributed by atoms with van der Waals surface area (Å²) in [6.07, 6.45) is 6.19. The van der Waals surface area contributed by atoms with Gasteiger partial charge in [0.1, 0.15) is 17.8 Å². The first-order valence-electron chi connectivity index (χ1n) is 9.61. The molecule has 7 heteroatoms. The van der Waals surface area contributed by atoms with Crippen molar-refractivity contribution < 1.29 is 18.4 Å². The van der Waals surface area contributed by atoms with E-state index >= 15 is 0 Å². The molecule has 144 valence electrons. The number of hydrogen-bond donors (Lipinski definition) is 1. The van der Waals surface area contributed by atoms with Crippen LogP contribution in [0.2, 0.25) is 0 Å². The minimum absolute atomic E-state index is 0.0545. The Morgan fingerprint density at radius 2 is 1.96 bits per heavy atom. The highest BCUT2D eigenvalue weighted by molar-refractivity contribution is 5.95. The van der Waals surface area contributed by atoms with Gasteiger partial charge < -0.3 is 19.1 Å². The Labute approximate surface area is 158 Å². The zero-order valence-corrected chi connectivity index (χ0v) is 15.8. The summed E-state index contributed by atoms with van der Waals surface area (Å²) in [5, 5.41) is 3.05. The smallest absolute Gasteiger partial charge is 0.275 e. The van der Waals surface area contributed by atoms with Crippen molar-refractivity contribution in [3.05, 3.63) is 41.0 Å². The first-order chi connectivity index (χ1) is 13.0. The summed E-state index contributed by atoms with van der Waals surface area (Å²) in [6.45, 7) is 4.81. The molecule has 0 bridgehead atoms. The summed E-state index contributed by atoms with van der Waals surface area (Å²) in [5.74, 6) is 2.49. The zero-order chi connectivity index (χ0) is 19.0. The molecule has 0 spiro atoms. The topological polar surface area (TPSA) is 88.6 Å². The lowest BCUT2D eigenvalue weighted by Crippen LogP contribution is -2.46. The summed E-state index contributed by atoms with van der Waals surface area (Å²) in [7, 11) is 0. The average molecular weight is 371 g/mol. The highest BCUT2D eigenvalue weighted by Gasteiger charge is 2.28. The number of oxazole rings is 1. The van der Waals surface area contributed by atoms with E-state index in [2.05, 4.69) is 10.3 Å². The molecule has 1 saturated heterocycles. The van der Waals surface area contributed by atoms with E-state index in [9.17, 15) is 9.59 Å². The Hall–Kier alpha value is -2.57. The van der Waals surface area contributed by atoms with E-state index < -0.39 is 0 Å². The molecule has 2 fully saturated rings. The van der Waals surface area contributed by atoms with Crippen molar-refractivity contribution >= 4 is 11.8 Å². The number of nitrogens with one attached hydrogen (secondary N) is 1. The molecule has 27 heavy (non-hydrogen) atoms. The second-order valence-electron chi connectivity index (χ2n) is 7.64. The largest absolute Gasteiger partial charge is 0.466 e. The van der Waals surface area contributed by atoms with Crippen molar-refractivity contribution in [2.24, 2.45) is 5.92 Å². The standard InChI is InChI=1S/C20H25N3O4/c1-12-9-16(13(2)27-12)19(24)21-15-5-7-23(8-6-15)20(25)17-11-26-18(22-17)10-14-3-4-14/h9,11,14-15H,3-8,10H2,1-2H3,(H,21,24). The lowest BCUT2D eigenvalue weighted by molar-refractivity contribution is 0.0692. The molecule has 1 saturated carbocycles. The quantitative estimate of drug-likeness (QED) is 0.873. The van der Waals surface area contributed by atoms with Gasteiger partial charge in [0, 0.05) is 25.6 Å². The molecule has 2 aromatic heterocycles. The lowest BCUT2D eigenvalue weighted by Gasteiger charge is -2.31. The zero-order valence-electron chi connectivity index (χ0n) is 15.8. The number of carbonyl (C=O) groups is 2. The Bertz CT molecular complexity index is 841. The Morgan fingerprint density at radius 1 is 1.22 bits per heavy atom. The predicted molar refractivity (Wildman–Crippen MR) is 97.5 cm³/mol. The SMILES string of the molecule is Cc1cc(C(=O)NC2CCN(C(=O)c3coc(CC4CC4)n3)CC2)c(C)o1. The third kappa shape index (κ3) is 4.07. The van der Waals surface area contributed by atoms with E-state index in [0.717, 1.165) is 25.0 Å². The van der Waals surface area contributed by atoms with Crippen LogP contribution in [0.4, 0.5) is 0 Å². The Kier molecular flexibility index (Phi) is 4.76. The van der Waals surface area contributed by atoms with Crippen LogP contribution in [0.1, 0.15) is 63.9 Å². The van der Waals surface area contributed by atoms with E-state index in [4.69, 9.17) is 8.83 Å². The van der Waals surface area contributed by atoms with Gasteiger partial charge >= 0.3 is 0 Å². The fourth-order valence-corrected chi connectivity index (χ4v) is 3.58. The van der Waals surface area contributed by atoms with Crippen LogP contribution in [0.3, 0.4) is 0 Å². The van der Waals surface area contributed by atoms with Gasteiger partial charge in [0.15, 0.2) is 11.6 Å². The van der Waals surface area contributed by atoms with Crippen LogP contribution in [0.15, 0.2) is 21.2 Å². The number of likely N-dealkylation sites (tertiary alicyclic amines) is 1. The molecule has 1 N–H and O–H groups in total. The highest BCUT2D eigenvalue weighted by atomic mass is 16.3. The van der Waals surface area contributed by atoms with Crippen molar-refractivity contribution in [3.63, 3.8) is 0 Å². The van der Waals surface area contributed by atoms with E-state index in [0.29, 0.717) is 41.9 Å². The molecule has 1 aliphatic carbocycles. The normalized spacial score (nSPS) is 17.9. The van der Waals surface area contributed by atoms with Gasteiger partial charge in [-0.05, 0) is 51.5 Å². The number of amides is 2. The van der Waals surface area contributed by atoms with Crippen molar-refractivity contribution in [3.8, 4) is 0 Å². The number of rotatable bonds is 5. The van der Waals surface area contributed by atoms with Crippen LogP contribution in [-0.4, -0.2) is 40.8 Å². The van der Waals surface area contributed by atoms with E-state index in [1.54, 1.807) is 17.9 Å². The van der Waals surface area contributed by atoms with Crippen molar-refractivity contribution in [1.82, 2.24) is 15.2 Å². The minimum Gasteiger partial charge on any atom is -0.466 e. The number of furan rings is 1. The van der Waals surface area contributed by atoms with Crippen LogP contribution >= 0.6 is 0 Å². The molecule has 3 heterocycles. The Balaban J connectivity index is 1.29. The number of hydrogen-bond acceptors (Lipinski definition) is 5. The van der Waals surface area contributed by atoms with Crippen LogP contribution in [0, 0.1) is 19.8 Å². The fraction of sp³-hybridized carbons (Fsp3) is 0.550. The van der Waals surface area contributed by atoms with Gasteiger partial charge in [0.05, 0.1) is 5.56 Å².